The van der Waals surface area contributed by atoms with Crippen molar-refractivity contribution in [1.29, 1.82) is 0 Å². The van der Waals surface area contributed by atoms with Gasteiger partial charge in [-0.1, -0.05) is 53.7 Å². The van der Waals surface area contributed by atoms with Crippen molar-refractivity contribution in [3.63, 3.8) is 0 Å². The lowest BCUT2D eigenvalue weighted by atomic mass is 10.2. The van der Waals surface area contributed by atoms with Crippen LogP contribution in [-0.2, 0) is 11.4 Å². The van der Waals surface area contributed by atoms with Crippen molar-refractivity contribution >= 4 is 35.5 Å². The number of hydrogen-bond acceptors (Lipinski definition) is 8. The fraction of sp³-hybridized carbons (Fsp3) is 0.152. The average Bonchev–Trinajstić information content (AvgIpc) is 3.48. The molecule has 11 heteroatoms. The third-order valence-corrected chi connectivity index (χ3v) is 7.48. The van der Waals surface area contributed by atoms with E-state index in [1.165, 1.54) is 11.8 Å². The monoisotopic (exact) mass is 627 g/mol. The molecule has 0 fully saturated rings. The summed E-state index contributed by atoms with van der Waals surface area (Å²) in [7, 11) is 1.59. The van der Waals surface area contributed by atoms with E-state index in [4.69, 9.17) is 25.8 Å². The van der Waals surface area contributed by atoms with Gasteiger partial charge in [0, 0.05) is 16.3 Å². The van der Waals surface area contributed by atoms with Gasteiger partial charge in [-0.3, -0.25) is 9.36 Å². The molecule has 5 aromatic rings. The molecule has 0 unspecified atom stereocenters. The Balaban J connectivity index is 1.25. The first kappa shape index (κ1) is 30.7. The summed E-state index contributed by atoms with van der Waals surface area (Å²) < 4.78 is 18.9. The smallest absolute Gasteiger partial charge is 0.250 e. The van der Waals surface area contributed by atoms with E-state index < -0.39 is 0 Å². The second-order valence-electron chi connectivity index (χ2n) is 9.34. The molecule has 0 bridgehead atoms. The van der Waals surface area contributed by atoms with Crippen molar-refractivity contribution in [2.75, 3.05) is 19.5 Å². The maximum atomic E-state index is 12.7. The van der Waals surface area contributed by atoms with Crippen LogP contribution < -0.4 is 19.6 Å². The quantitative estimate of drug-likeness (QED) is 0.0869. The van der Waals surface area contributed by atoms with Crippen LogP contribution in [0.25, 0.3) is 17.1 Å². The Morgan fingerprint density at radius 3 is 2.45 bits per heavy atom. The molecule has 0 aliphatic rings. The Bertz CT molecular complexity index is 1710. The molecule has 0 atom stereocenters. The maximum Gasteiger partial charge on any atom is 0.250 e. The van der Waals surface area contributed by atoms with Crippen LogP contribution in [0.2, 0.25) is 5.02 Å². The van der Waals surface area contributed by atoms with E-state index in [9.17, 15) is 4.79 Å². The zero-order valence-electron chi connectivity index (χ0n) is 24.1. The highest BCUT2D eigenvalue weighted by molar-refractivity contribution is 7.99. The van der Waals surface area contributed by atoms with Crippen molar-refractivity contribution in [2.45, 2.75) is 18.7 Å². The third kappa shape index (κ3) is 7.97. The van der Waals surface area contributed by atoms with Gasteiger partial charge in [0.2, 0.25) is 0 Å². The molecule has 224 valence electrons. The molecule has 0 radical (unpaired) electrons. The van der Waals surface area contributed by atoms with Gasteiger partial charge in [-0.25, -0.2) is 5.43 Å². The Morgan fingerprint density at radius 2 is 1.73 bits per heavy atom. The highest BCUT2D eigenvalue weighted by atomic mass is 35.5. The van der Waals surface area contributed by atoms with Crippen molar-refractivity contribution in [3.05, 3.63) is 113 Å². The van der Waals surface area contributed by atoms with Crippen molar-refractivity contribution < 1.29 is 19.0 Å². The van der Waals surface area contributed by atoms with Gasteiger partial charge in [0.25, 0.3) is 5.91 Å². The first-order chi connectivity index (χ1) is 21.5. The number of hydrazone groups is 1. The van der Waals surface area contributed by atoms with E-state index in [-0.39, 0.29) is 11.7 Å². The van der Waals surface area contributed by atoms with Crippen molar-refractivity contribution in [3.8, 4) is 34.3 Å². The second kappa shape index (κ2) is 15.1. The molecular weight excluding hydrogens is 598 g/mol. The summed E-state index contributed by atoms with van der Waals surface area (Å²) in [5, 5.41) is 14.1. The molecule has 4 aromatic carbocycles. The minimum atomic E-state index is -0.297. The second-order valence-corrected chi connectivity index (χ2v) is 10.7. The minimum absolute atomic E-state index is 0.0706. The number of ether oxygens (including phenoxy) is 3. The lowest BCUT2D eigenvalue weighted by Crippen LogP contribution is -2.20. The molecule has 0 spiro atoms. The summed E-state index contributed by atoms with van der Waals surface area (Å²) >= 11 is 7.35. The van der Waals surface area contributed by atoms with Gasteiger partial charge in [-0.05, 0) is 84.8 Å². The number of benzene rings is 4. The van der Waals surface area contributed by atoms with E-state index in [2.05, 4.69) is 20.7 Å². The van der Waals surface area contributed by atoms with E-state index in [0.717, 1.165) is 28.1 Å². The SMILES string of the molecule is CCOc1ccc(-n2c(SCC(=O)NN=Cc3ccc(OC)c(OCc4ccccc4)c3)nnc2-c2ccc(Cl)cc2)cc1. The Hall–Kier alpha value is -4.80. The van der Waals surface area contributed by atoms with Gasteiger partial charge in [0.15, 0.2) is 22.5 Å². The zero-order chi connectivity index (χ0) is 30.7. The number of nitrogens with zero attached hydrogens (tertiary/aromatic N) is 4. The molecule has 1 heterocycles. The lowest BCUT2D eigenvalue weighted by molar-refractivity contribution is -0.118. The number of thioether (sulfide) groups is 1. The number of hydrogen-bond donors (Lipinski definition) is 1. The molecule has 1 amide bonds. The predicted octanol–water partition coefficient (Wildman–Crippen LogP) is 6.82. The average molecular weight is 628 g/mol. The van der Waals surface area contributed by atoms with Gasteiger partial charge < -0.3 is 14.2 Å². The van der Waals surface area contributed by atoms with Crippen LogP contribution >= 0.6 is 23.4 Å². The molecule has 1 aromatic heterocycles. The van der Waals surface area contributed by atoms with Gasteiger partial charge >= 0.3 is 0 Å². The van der Waals surface area contributed by atoms with Crippen molar-refractivity contribution in [2.24, 2.45) is 5.10 Å². The lowest BCUT2D eigenvalue weighted by Gasteiger charge is -2.12. The van der Waals surface area contributed by atoms with Crippen LogP contribution in [0, 0.1) is 0 Å². The van der Waals surface area contributed by atoms with Crippen LogP contribution in [-0.4, -0.2) is 46.4 Å². The number of carbonyl (C=O) groups is 1. The van der Waals surface area contributed by atoms with E-state index in [0.29, 0.717) is 40.7 Å². The first-order valence-corrected chi connectivity index (χ1v) is 15.1. The molecule has 44 heavy (non-hydrogen) atoms. The molecule has 0 saturated heterocycles. The van der Waals surface area contributed by atoms with Crippen LogP contribution in [0.15, 0.2) is 107 Å². The normalized spacial score (nSPS) is 11.0. The van der Waals surface area contributed by atoms with Crippen LogP contribution in [0.4, 0.5) is 0 Å². The fourth-order valence-electron chi connectivity index (χ4n) is 4.20. The summed E-state index contributed by atoms with van der Waals surface area (Å²) in [4.78, 5) is 12.7. The Morgan fingerprint density at radius 1 is 0.955 bits per heavy atom. The summed E-state index contributed by atoms with van der Waals surface area (Å²) in [6.45, 7) is 2.90. The molecule has 9 nitrogen and oxygen atoms in total. The molecular formula is C33H30ClN5O4S. The number of aromatic nitrogens is 3. The molecule has 5 rings (SSSR count). The summed E-state index contributed by atoms with van der Waals surface area (Å²) in [6.07, 6.45) is 1.55. The largest absolute Gasteiger partial charge is 0.494 e. The van der Waals surface area contributed by atoms with Crippen LogP contribution in [0.3, 0.4) is 0 Å². The Labute approximate surface area is 264 Å². The highest BCUT2D eigenvalue weighted by Crippen LogP contribution is 2.30. The van der Waals surface area contributed by atoms with E-state index in [1.807, 2.05) is 90.4 Å². The number of methoxy groups -OCH3 is 1. The third-order valence-electron chi connectivity index (χ3n) is 6.30. The molecule has 0 saturated carbocycles. The number of carbonyl (C=O) groups excluding carboxylic acids is 1. The summed E-state index contributed by atoms with van der Waals surface area (Å²) in [5.74, 6) is 2.34. The zero-order valence-corrected chi connectivity index (χ0v) is 25.7. The number of nitrogens with one attached hydrogen (secondary N) is 1. The maximum absolute atomic E-state index is 12.7. The number of amides is 1. The predicted molar refractivity (Wildman–Crippen MR) is 173 cm³/mol. The van der Waals surface area contributed by atoms with Crippen molar-refractivity contribution in [1.82, 2.24) is 20.2 Å². The number of rotatable bonds is 13. The fourth-order valence-corrected chi connectivity index (χ4v) is 5.07. The van der Waals surface area contributed by atoms with Gasteiger partial charge in [0.1, 0.15) is 12.4 Å². The summed E-state index contributed by atoms with van der Waals surface area (Å²) in [5.41, 5.74) is 6.03. The molecule has 0 aliphatic heterocycles. The van der Waals surface area contributed by atoms with Crippen LogP contribution in [0.1, 0.15) is 18.1 Å². The van der Waals surface area contributed by atoms with Gasteiger partial charge in [-0.15, -0.1) is 10.2 Å². The van der Waals surface area contributed by atoms with E-state index in [1.54, 1.807) is 31.5 Å². The van der Waals surface area contributed by atoms with Gasteiger partial charge in [-0.2, -0.15) is 5.10 Å². The highest BCUT2D eigenvalue weighted by Gasteiger charge is 2.17. The summed E-state index contributed by atoms with van der Waals surface area (Å²) in [6, 6.07) is 30.3. The molecule has 1 N–H and O–H groups in total. The molecule has 0 aliphatic carbocycles. The van der Waals surface area contributed by atoms with Gasteiger partial charge in [0.05, 0.1) is 25.7 Å². The minimum Gasteiger partial charge on any atom is -0.494 e. The van der Waals surface area contributed by atoms with Crippen LogP contribution in [0.5, 0.6) is 17.2 Å². The topological polar surface area (TPSA) is 99.9 Å². The van der Waals surface area contributed by atoms with E-state index >= 15 is 0 Å². The Kier molecular flexibility index (Phi) is 10.5. The standard InChI is InChI=1S/C33H30ClN5O4S/c1-3-42-28-16-14-27(15-17-28)39-32(25-10-12-26(34)13-11-25)37-38-33(39)44-22-31(40)36-35-20-24-9-18-29(41-2)30(19-24)43-21-23-7-5-4-6-8-23/h4-20H,3,21-22H2,1-2H3,(H,36,40). The first-order valence-electron chi connectivity index (χ1n) is 13.8. The number of halogens is 1.